The molecule has 0 aromatic heterocycles. The molecular formula is C3H4NO. The Balaban J connectivity index is 2.32. The highest BCUT2D eigenvalue weighted by Gasteiger charge is 1.85. The summed E-state index contributed by atoms with van der Waals surface area (Å²) in [6, 6.07) is 0. The predicted molar refractivity (Wildman–Crippen MR) is 18.3 cm³/mol. The molecule has 2 heteroatoms. The number of rotatable bonds is 0. The van der Waals surface area contributed by atoms with E-state index in [2.05, 4.69) is 15.9 Å². The van der Waals surface area contributed by atoms with Crippen LogP contribution in [0.3, 0.4) is 0 Å². The molecular weight excluding hydrogens is 66.0 g/mol. The van der Waals surface area contributed by atoms with Gasteiger partial charge in [-0.25, -0.2) is 0 Å². The topological polar surface area (TPSA) is 21.6 Å². The summed E-state index contributed by atoms with van der Waals surface area (Å²) in [5.74, 6) is 0. The van der Waals surface area contributed by atoms with E-state index in [4.69, 9.17) is 0 Å². The molecule has 0 N–H and O–H groups in total. The Bertz CT molecular complexity index is 44.9. The molecule has 0 unspecified atom stereocenters. The molecule has 0 saturated carbocycles. The summed E-state index contributed by atoms with van der Waals surface area (Å²) in [6.07, 6.45) is 2.62. The van der Waals surface area contributed by atoms with Crippen molar-refractivity contribution in [2.45, 2.75) is 0 Å². The quantitative estimate of drug-likeness (QED) is 0.390. The fourth-order valence-electron chi connectivity index (χ4n) is 0.228. The first-order valence-electron chi connectivity index (χ1n) is 1.47. The van der Waals surface area contributed by atoms with Gasteiger partial charge in [-0.2, -0.15) is 0 Å². The number of hydrogen-bond donors (Lipinski definition) is 0. The summed E-state index contributed by atoms with van der Waals surface area (Å²) in [5.41, 5.74) is 0. The summed E-state index contributed by atoms with van der Waals surface area (Å²) < 4.78 is 4.67. The van der Waals surface area contributed by atoms with Crippen molar-refractivity contribution in [3.8, 4) is 0 Å². The molecule has 0 amide bonds. The highest BCUT2D eigenvalue weighted by molar-refractivity contribution is 5.59. The lowest BCUT2D eigenvalue weighted by Gasteiger charge is -1.75. The van der Waals surface area contributed by atoms with Gasteiger partial charge >= 0.3 is 0 Å². The average Bonchev–Trinajstić information content (AvgIpc) is 1.76. The Hall–Kier alpha value is -0.370. The van der Waals surface area contributed by atoms with E-state index in [1.807, 2.05) is 0 Å². The molecule has 2 nitrogen and oxygen atoms in total. The minimum absolute atomic E-state index is 0.514. The van der Waals surface area contributed by atoms with Crippen LogP contribution in [0.1, 0.15) is 0 Å². The lowest BCUT2D eigenvalue weighted by molar-refractivity contribution is 0.203. The molecule has 5 heavy (non-hydrogen) atoms. The summed E-state index contributed by atoms with van der Waals surface area (Å²) in [7, 11) is 0. The Morgan fingerprint density at radius 3 is 3.00 bits per heavy atom. The molecule has 0 aromatic rings. The fraction of sp³-hybridized carbons (Fsp3) is 0.667. The average molecular weight is 70.1 g/mol. The molecule has 1 aliphatic heterocycles. The molecule has 0 aromatic carbocycles. The van der Waals surface area contributed by atoms with Crippen LogP contribution < -0.4 is 0 Å². The summed E-state index contributed by atoms with van der Waals surface area (Å²) in [5, 5.41) is 0. The van der Waals surface area contributed by atoms with Crippen LogP contribution in [-0.4, -0.2) is 19.6 Å². The maximum Gasteiger partial charge on any atom is 0.138 e. The molecule has 1 heterocycles. The van der Waals surface area contributed by atoms with E-state index in [9.17, 15) is 0 Å². The molecule has 27 valence electrons. The van der Waals surface area contributed by atoms with Crippen LogP contribution >= 0.6 is 0 Å². The molecule has 0 bridgehead atoms. The zero-order valence-electron chi connectivity index (χ0n) is 2.77. The molecule has 0 fully saturated rings. The zero-order chi connectivity index (χ0) is 3.54. The van der Waals surface area contributed by atoms with Crippen LogP contribution in [0.15, 0.2) is 4.99 Å². The van der Waals surface area contributed by atoms with Crippen LogP contribution in [0, 0.1) is 0 Å². The van der Waals surface area contributed by atoms with E-state index >= 15 is 0 Å². The SMILES string of the molecule is [C]1=NCOC1. The van der Waals surface area contributed by atoms with Gasteiger partial charge in [0, 0.05) is 0 Å². The fourth-order valence-corrected chi connectivity index (χ4v) is 0.228. The van der Waals surface area contributed by atoms with Gasteiger partial charge in [0.05, 0.1) is 12.8 Å². The number of hydrogen-bond acceptors (Lipinski definition) is 2. The van der Waals surface area contributed by atoms with Gasteiger partial charge in [-0.05, 0) is 0 Å². The van der Waals surface area contributed by atoms with E-state index in [1.54, 1.807) is 0 Å². The first-order chi connectivity index (χ1) is 2.50. The zero-order valence-corrected chi connectivity index (χ0v) is 2.77. The van der Waals surface area contributed by atoms with Crippen LogP contribution in [0.25, 0.3) is 0 Å². The number of nitrogens with zero attached hydrogens (tertiary/aromatic N) is 1. The first-order valence-corrected chi connectivity index (χ1v) is 1.47. The predicted octanol–water partition coefficient (Wildman–Crippen LogP) is -0.0781. The van der Waals surface area contributed by atoms with E-state index in [1.165, 1.54) is 0 Å². The molecule has 0 atom stereocenters. The molecule has 1 rings (SSSR count). The smallest absolute Gasteiger partial charge is 0.138 e. The summed E-state index contributed by atoms with van der Waals surface area (Å²) in [4.78, 5) is 3.61. The summed E-state index contributed by atoms with van der Waals surface area (Å²) in [6.45, 7) is 1.10. The molecule has 0 saturated heterocycles. The van der Waals surface area contributed by atoms with E-state index in [0.717, 1.165) is 0 Å². The van der Waals surface area contributed by atoms with Gasteiger partial charge in [0.2, 0.25) is 0 Å². The number of ether oxygens (including phenoxy) is 1. The van der Waals surface area contributed by atoms with Crippen LogP contribution in [0.2, 0.25) is 0 Å². The molecule has 1 aliphatic rings. The van der Waals surface area contributed by atoms with Gasteiger partial charge in [0.25, 0.3) is 0 Å². The van der Waals surface area contributed by atoms with Crippen LogP contribution in [0.5, 0.6) is 0 Å². The normalized spacial score (nSPS) is 20.8. The maximum atomic E-state index is 4.67. The lowest BCUT2D eigenvalue weighted by atomic mass is 10.8. The van der Waals surface area contributed by atoms with E-state index < -0.39 is 0 Å². The van der Waals surface area contributed by atoms with Crippen molar-refractivity contribution < 1.29 is 4.74 Å². The Kier molecular flexibility index (Phi) is 0.667. The largest absolute Gasteiger partial charge is 0.353 e. The van der Waals surface area contributed by atoms with Crippen LogP contribution in [-0.2, 0) is 4.74 Å². The first kappa shape index (κ1) is 2.85. The van der Waals surface area contributed by atoms with Gasteiger partial charge in [-0.3, -0.25) is 4.99 Å². The van der Waals surface area contributed by atoms with Crippen molar-refractivity contribution in [2.75, 3.05) is 13.3 Å². The van der Waals surface area contributed by atoms with E-state index in [-0.39, 0.29) is 0 Å². The number of aliphatic imine (C=N–C) groups is 1. The maximum absolute atomic E-state index is 4.67. The third kappa shape index (κ3) is 0.450. The van der Waals surface area contributed by atoms with Crippen molar-refractivity contribution in [1.29, 1.82) is 0 Å². The Labute approximate surface area is 30.5 Å². The highest BCUT2D eigenvalue weighted by Crippen LogP contribution is 1.79. The third-order valence-corrected chi connectivity index (χ3v) is 0.434. The second-order valence-electron chi connectivity index (χ2n) is 0.794. The van der Waals surface area contributed by atoms with Crippen molar-refractivity contribution in [3.05, 3.63) is 0 Å². The van der Waals surface area contributed by atoms with Gasteiger partial charge in [-0.15, -0.1) is 0 Å². The third-order valence-electron chi connectivity index (χ3n) is 0.434. The van der Waals surface area contributed by atoms with Crippen molar-refractivity contribution in [3.63, 3.8) is 0 Å². The molecule has 0 aliphatic carbocycles. The monoisotopic (exact) mass is 70.0 g/mol. The van der Waals surface area contributed by atoms with Crippen molar-refractivity contribution >= 4 is 6.21 Å². The second-order valence-corrected chi connectivity index (χ2v) is 0.794. The van der Waals surface area contributed by atoms with Gasteiger partial charge < -0.3 is 4.74 Å². The Morgan fingerprint density at radius 2 is 2.80 bits per heavy atom. The van der Waals surface area contributed by atoms with Crippen LogP contribution in [0.4, 0.5) is 0 Å². The van der Waals surface area contributed by atoms with Crippen molar-refractivity contribution in [2.24, 2.45) is 4.99 Å². The minimum atomic E-state index is 0.514. The van der Waals surface area contributed by atoms with Crippen molar-refractivity contribution in [1.82, 2.24) is 0 Å². The van der Waals surface area contributed by atoms with Gasteiger partial charge in [0.1, 0.15) is 6.73 Å². The lowest BCUT2D eigenvalue weighted by Crippen LogP contribution is -1.79. The van der Waals surface area contributed by atoms with E-state index in [0.29, 0.717) is 13.3 Å². The Morgan fingerprint density at radius 1 is 1.80 bits per heavy atom. The standard InChI is InChI=1S/C3H4NO/c1-2-5-3-4-1/h2-3H2. The second kappa shape index (κ2) is 1.17. The summed E-state index contributed by atoms with van der Waals surface area (Å²) >= 11 is 0. The minimum Gasteiger partial charge on any atom is -0.353 e. The van der Waals surface area contributed by atoms with Gasteiger partial charge in [-0.1, -0.05) is 0 Å². The molecule has 0 spiro atoms. The van der Waals surface area contributed by atoms with Gasteiger partial charge in [0.15, 0.2) is 0 Å². The molecule has 1 radical (unpaired) electrons. The highest BCUT2D eigenvalue weighted by atomic mass is 16.5.